The van der Waals surface area contributed by atoms with Gasteiger partial charge in [0.05, 0.1) is 4.88 Å². The average Bonchev–Trinajstić information content (AvgIpc) is 3.25. The van der Waals surface area contributed by atoms with Crippen LogP contribution in [0.3, 0.4) is 0 Å². The summed E-state index contributed by atoms with van der Waals surface area (Å²) in [4.78, 5) is 20.1. The topological polar surface area (TPSA) is 46.3 Å². The zero-order chi connectivity index (χ0) is 14.2. The van der Waals surface area contributed by atoms with Gasteiger partial charge in [-0.15, -0.1) is 11.3 Å². The molecule has 0 N–H and O–H groups in total. The molecule has 0 unspecified atom stereocenters. The van der Waals surface area contributed by atoms with Crippen LogP contribution >= 0.6 is 11.3 Å². The van der Waals surface area contributed by atoms with Crippen molar-refractivity contribution in [3.63, 3.8) is 0 Å². The minimum atomic E-state index is 0.0431. The van der Waals surface area contributed by atoms with Crippen LogP contribution in [0.2, 0.25) is 0 Å². The monoisotopic (exact) mass is 302 g/mol. The maximum Gasteiger partial charge on any atom is 0.276 e. The maximum absolute atomic E-state index is 12.9. The van der Waals surface area contributed by atoms with Crippen LogP contribution in [-0.4, -0.2) is 28.4 Å². The molecule has 4 rings (SSSR count). The summed E-state index contributed by atoms with van der Waals surface area (Å²) in [7, 11) is 0. The van der Waals surface area contributed by atoms with E-state index in [1.165, 1.54) is 25.7 Å². The number of aromatic nitrogens is 1. The summed E-state index contributed by atoms with van der Waals surface area (Å²) in [5, 5.41) is 1.99. The first-order valence-electron chi connectivity index (χ1n) is 7.63. The molecule has 2 aliphatic rings. The van der Waals surface area contributed by atoms with E-state index in [1.807, 2.05) is 22.4 Å². The number of carbonyl (C=O) groups is 1. The molecule has 1 saturated heterocycles. The molecule has 5 heteroatoms. The van der Waals surface area contributed by atoms with Gasteiger partial charge in [-0.2, -0.15) is 0 Å². The number of amides is 1. The number of oxazole rings is 1. The number of carbonyl (C=O) groups excluding carboxylic acids is 1. The quantitative estimate of drug-likeness (QED) is 0.847. The molecule has 0 radical (unpaired) electrons. The van der Waals surface area contributed by atoms with E-state index in [4.69, 9.17) is 4.42 Å². The standard InChI is InChI=1S/C16H18N2O2S/c19-16(18-8-7-11-4-1-2-5-12(11)18)14-15(20-10-17-14)13-6-3-9-21-13/h3,6,9-12H,1-2,4-5,7-8H2/t11-,12-/m0/s1. The van der Waals surface area contributed by atoms with E-state index in [0.29, 0.717) is 23.4 Å². The molecule has 2 aromatic heterocycles. The van der Waals surface area contributed by atoms with E-state index in [0.717, 1.165) is 24.3 Å². The highest BCUT2D eigenvalue weighted by Gasteiger charge is 2.39. The van der Waals surface area contributed by atoms with E-state index < -0.39 is 0 Å². The number of thiophene rings is 1. The van der Waals surface area contributed by atoms with Gasteiger partial charge in [0.2, 0.25) is 0 Å². The minimum absolute atomic E-state index is 0.0431. The van der Waals surface area contributed by atoms with Crippen molar-refractivity contribution in [2.24, 2.45) is 5.92 Å². The van der Waals surface area contributed by atoms with Crippen LogP contribution in [0.15, 0.2) is 28.3 Å². The van der Waals surface area contributed by atoms with Crippen LogP contribution in [0.1, 0.15) is 42.6 Å². The molecule has 1 aliphatic heterocycles. The van der Waals surface area contributed by atoms with Gasteiger partial charge >= 0.3 is 0 Å². The van der Waals surface area contributed by atoms with Crippen LogP contribution in [0.4, 0.5) is 0 Å². The van der Waals surface area contributed by atoms with Gasteiger partial charge < -0.3 is 9.32 Å². The molecule has 2 fully saturated rings. The highest BCUT2D eigenvalue weighted by Crippen LogP contribution is 2.38. The molecule has 0 spiro atoms. The van der Waals surface area contributed by atoms with Gasteiger partial charge in [0.15, 0.2) is 17.8 Å². The van der Waals surface area contributed by atoms with Crippen molar-refractivity contribution in [1.29, 1.82) is 0 Å². The summed E-state index contributed by atoms with van der Waals surface area (Å²) >= 11 is 1.57. The smallest absolute Gasteiger partial charge is 0.276 e. The van der Waals surface area contributed by atoms with Crippen molar-refractivity contribution in [2.75, 3.05) is 6.54 Å². The van der Waals surface area contributed by atoms with Gasteiger partial charge in [0, 0.05) is 12.6 Å². The van der Waals surface area contributed by atoms with Crippen molar-refractivity contribution >= 4 is 17.2 Å². The molecule has 110 valence electrons. The van der Waals surface area contributed by atoms with E-state index >= 15 is 0 Å². The van der Waals surface area contributed by atoms with Gasteiger partial charge in [0.1, 0.15) is 0 Å². The summed E-state index contributed by atoms with van der Waals surface area (Å²) in [5.74, 6) is 1.36. The zero-order valence-electron chi connectivity index (χ0n) is 11.8. The Morgan fingerprint density at radius 3 is 3.10 bits per heavy atom. The number of likely N-dealkylation sites (tertiary alicyclic amines) is 1. The van der Waals surface area contributed by atoms with Gasteiger partial charge in [-0.25, -0.2) is 4.98 Å². The average molecular weight is 302 g/mol. The molecule has 0 bridgehead atoms. The van der Waals surface area contributed by atoms with E-state index in [-0.39, 0.29) is 5.91 Å². The molecule has 1 aliphatic carbocycles. The summed E-state index contributed by atoms with van der Waals surface area (Å²) in [6, 6.07) is 4.35. The van der Waals surface area contributed by atoms with E-state index in [1.54, 1.807) is 11.3 Å². The molecule has 2 atom stereocenters. The van der Waals surface area contributed by atoms with Gasteiger partial charge in [-0.1, -0.05) is 18.9 Å². The van der Waals surface area contributed by atoms with E-state index in [9.17, 15) is 4.79 Å². The lowest BCUT2D eigenvalue weighted by molar-refractivity contribution is 0.0685. The van der Waals surface area contributed by atoms with Crippen LogP contribution in [0, 0.1) is 5.92 Å². The molecule has 2 aromatic rings. The first-order chi connectivity index (χ1) is 10.3. The van der Waals surface area contributed by atoms with Gasteiger partial charge in [-0.05, 0) is 36.6 Å². The van der Waals surface area contributed by atoms with Crippen molar-refractivity contribution in [2.45, 2.75) is 38.1 Å². The first-order valence-corrected chi connectivity index (χ1v) is 8.51. The summed E-state index contributed by atoms with van der Waals surface area (Å²) < 4.78 is 5.48. The van der Waals surface area contributed by atoms with Crippen LogP contribution in [0.25, 0.3) is 10.6 Å². The number of hydrogen-bond acceptors (Lipinski definition) is 4. The summed E-state index contributed by atoms with van der Waals surface area (Å²) in [6.07, 6.45) is 7.49. The fraction of sp³-hybridized carbons (Fsp3) is 0.500. The Hall–Kier alpha value is -1.62. The second-order valence-electron chi connectivity index (χ2n) is 5.91. The van der Waals surface area contributed by atoms with Crippen molar-refractivity contribution in [3.05, 3.63) is 29.6 Å². The Balaban J connectivity index is 1.62. The second-order valence-corrected chi connectivity index (χ2v) is 6.85. The molecule has 3 heterocycles. The fourth-order valence-electron chi connectivity index (χ4n) is 3.78. The SMILES string of the molecule is O=C(c1ncoc1-c1cccs1)N1CC[C@@H]2CCCC[C@@H]21. The minimum Gasteiger partial charge on any atom is -0.442 e. The number of nitrogens with zero attached hydrogens (tertiary/aromatic N) is 2. The zero-order valence-corrected chi connectivity index (χ0v) is 12.6. The van der Waals surface area contributed by atoms with Crippen molar-refractivity contribution in [1.82, 2.24) is 9.88 Å². The normalized spacial score (nSPS) is 25.0. The summed E-state index contributed by atoms with van der Waals surface area (Å²) in [5.41, 5.74) is 0.476. The third kappa shape index (κ3) is 2.20. The Morgan fingerprint density at radius 2 is 2.24 bits per heavy atom. The predicted molar refractivity (Wildman–Crippen MR) is 81.2 cm³/mol. The number of hydrogen-bond donors (Lipinski definition) is 0. The van der Waals surface area contributed by atoms with Crippen LogP contribution in [-0.2, 0) is 0 Å². The number of rotatable bonds is 2. The first kappa shape index (κ1) is 13.1. The van der Waals surface area contributed by atoms with Crippen molar-refractivity contribution < 1.29 is 9.21 Å². The fourth-order valence-corrected chi connectivity index (χ4v) is 4.49. The van der Waals surface area contributed by atoms with Crippen LogP contribution in [0.5, 0.6) is 0 Å². The molecule has 0 aromatic carbocycles. The maximum atomic E-state index is 12.9. The highest BCUT2D eigenvalue weighted by molar-refractivity contribution is 7.13. The molecular formula is C16H18N2O2S. The summed E-state index contributed by atoms with van der Waals surface area (Å²) in [6.45, 7) is 0.866. The largest absolute Gasteiger partial charge is 0.442 e. The highest BCUT2D eigenvalue weighted by atomic mass is 32.1. The third-order valence-electron chi connectivity index (χ3n) is 4.79. The lowest BCUT2D eigenvalue weighted by Crippen LogP contribution is -2.39. The lowest BCUT2D eigenvalue weighted by Gasteiger charge is -2.31. The van der Waals surface area contributed by atoms with E-state index in [2.05, 4.69) is 4.98 Å². The molecule has 4 nitrogen and oxygen atoms in total. The third-order valence-corrected chi connectivity index (χ3v) is 5.65. The molecular weight excluding hydrogens is 284 g/mol. The Kier molecular flexibility index (Phi) is 3.30. The Bertz CT molecular complexity index is 635. The van der Waals surface area contributed by atoms with Gasteiger partial charge in [-0.3, -0.25) is 4.79 Å². The Morgan fingerprint density at radius 1 is 1.33 bits per heavy atom. The Labute approximate surface area is 127 Å². The lowest BCUT2D eigenvalue weighted by atomic mass is 9.85. The molecule has 1 amide bonds. The number of fused-ring (bicyclic) bond motifs is 1. The predicted octanol–water partition coefficient (Wildman–Crippen LogP) is 3.81. The van der Waals surface area contributed by atoms with Gasteiger partial charge in [0.25, 0.3) is 5.91 Å². The van der Waals surface area contributed by atoms with Crippen LogP contribution < -0.4 is 0 Å². The molecule has 1 saturated carbocycles. The molecule has 21 heavy (non-hydrogen) atoms. The second kappa shape index (κ2) is 5.30. The van der Waals surface area contributed by atoms with Crippen molar-refractivity contribution in [3.8, 4) is 10.6 Å².